The summed E-state index contributed by atoms with van der Waals surface area (Å²) in [4.78, 5) is 16.3. The molecule has 2 amide bonds. The number of hydrogen-bond donors (Lipinski definition) is 1. The van der Waals surface area contributed by atoms with Crippen LogP contribution in [0, 0.1) is 0 Å². The van der Waals surface area contributed by atoms with Gasteiger partial charge in [-0.15, -0.1) is 0 Å². The molecule has 150 valence electrons. The van der Waals surface area contributed by atoms with Crippen molar-refractivity contribution >= 4 is 21.7 Å². The van der Waals surface area contributed by atoms with E-state index in [2.05, 4.69) is 10.2 Å². The first-order chi connectivity index (χ1) is 12.9. The topological polar surface area (TPSA) is 82.2 Å². The highest BCUT2D eigenvalue weighted by atomic mass is 32.2. The van der Waals surface area contributed by atoms with E-state index in [1.807, 2.05) is 0 Å². The van der Waals surface area contributed by atoms with Crippen molar-refractivity contribution in [3.05, 3.63) is 24.3 Å². The molecule has 2 fully saturated rings. The highest BCUT2D eigenvalue weighted by Gasteiger charge is 2.38. The molecule has 0 saturated carbocycles. The van der Waals surface area contributed by atoms with Gasteiger partial charge in [-0.3, -0.25) is 0 Å². The molecule has 2 heterocycles. The summed E-state index contributed by atoms with van der Waals surface area (Å²) in [5.41, 5.74) is 0.650. The van der Waals surface area contributed by atoms with Gasteiger partial charge in [-0.25, -0.2) is 13.2 Å². The Balaban J connectivity index is 1.52. The van der Waals surface area contributed by atoms with Crippen molar-refractivity contribution in [3.63, 3.8) is 0 Å². The molecule has 2 aliphatic rings. The summed E-state index contributed by atoms with van der Waals surface area (Å²) in [6, 6.07) is 6.76. The predicted molar refractivity (Wildman–Crippen MR) is 105 cm³/mol. The maximum Gasteiger partial charge on any atom is 0.321 e. The maximum absolute atomic E-state index is 12.4. The van der Waals surface area contributed by atoms with Gasteiger partial charge in [0.1, 0.15) is 5.75 Å². The summed E-state index contributed by atoms with van der Waals surface area (Å²) in [5.74, 6) is 0.666. The van der Waals surface area contributed by atoms with E-state index in [0.717, 1.165) is 19.6 Å². The van der Waals surface area contributed by atoms with Crippen molar-refractivity contribution in [3.8, 4) is 5.75 Å². The zero-order chi connectivity index (χ0) is 19.4. The van der Waals surface area contributed by atoms with Gasteiger partial charge in [-0.05, 0) is 38.1 Å². The summed E-state index contributed by atoms with van der Waals surface area (Å²) in [6.07, 6.45) is 3.61. The second-order valence-electron chi connectivity index (χ2n) is 7.14. The average molecular weight is 397 g/mol. The van der Waals surface area contributed by atoms with Gasteiger partial charge in [0.15, 0.2) is 0 Å². The fourth-order valence-corrected chi connectivity index (χ4v) is 4.66. The molecule has 1 aromatic rings. The number of nitrogens with zero attached hydrogens (tertiary/aromatic N) is 3. The molecule has 0 unspecified atom stereocenters. The summed E-state index contributed by atoms with van der Waals surface area (Å²) in [5, 5.41) is 2.82. The van der Waals surface area contributed by atoms with E-state index >= 15 is 0 Å². The van der Waals surface area contributed by atoms with Gasteiger partial charge in [0, 0.05) is 37.9 Å². The second kappa shape index (κ2) is 8.45. The van der Waals surface area contributed by atoms with E-state index in [1.54, 1.807) is 40.6 Å². The van der Waals surface area contributed by atoms with Gasteiger partial charge >= 0.3 is 6.03 Å². The molecule has 0 bridgehead atoms. The normalized spacial score (nSPS) is 18.6. The number of sulfonamides is 1. The standard InChI is InChI=1S/C18H28N4O4S/c1-26-17-7-5-6-15(12-17)19-18(23)21-13-16(14-21)22(27(2,24)25)11-10-20-8-3-4-9-20/h5-7,12,16H,3-4,8-11,13-14H2,1-2H3,(H,19,23). The Morgan fingerprint density at radius 3 is 2.63 bits per heavy atom. The molecule has 27 heavy (non-hydrogen) atoms. The number of ether oxygens (including phenoxy) is 1. The first-order valence-electron chi connectivity index (χ1n) is 9.26. The lowest BCUT2D eigenvalue weighted by atomic mass is 10.1. The summed E-state index contributed by atoms with van der Waals surface area (Å²) < 4.78 is 31.1. The summed E-state index contributed by atoms with van der Waals surface area (Å²) in [6.45, 7) is 4.12. The third-order valence-electron chi connectivity index (χ3n) is 5.14. The number of urea groups is 1. The van der Waals surface area contributed by atoms with Gasteiger partial charge < -0.3 is 19.9 Å². The van der Waals surface area contributed by atoms with Crippen molar-refractivity contribution in [2.45, 2.75) is 18.9 Å². The Morgan fingerprint density at radius 2 is 2.00 bits per heavy atom. The quantitative estimate of drug-likeness (QED) is 0.751. The minimum Gasteiger partial charge on any atom is -0.497 e. The van der Waals surface area contributed by atoms with Crippen molar-refractivity contribution in [2.75, 3.05) is 58.0 Å². The van der Waals surface area contributed by atoms with Crippen LogP contribution in [-0.4, -0.2) is 87.2 Å². The van der Waals surface area contributed by atoms with Crippen LogP contribution < -0.4 is 10.1 Å². The van der Waals surface area contributed by atoms with Crippen molar-refractivity contribution in [2.24, 2.45) is 0 Å². The number of carbonyl (C=O) groups excluding carboxylic acids is 1. The number of hydrogen-bond acceptors (Lipinski definition) is 5. The molecule has 1 aromatic carbocycles. The van der Waals surface area contributed by atoms with Crippen molar-refractivity contribution < 1.29 is 17.9 Å². The number of carbonyl (C=O) groups is 1. The minimum atomic E-state index is -3.30. The van der Waals surface area contributed by atoms with Crippen LogP contribution >= 0.6 is 0 Å². The molecule has 0 aromatic heterocycles. The highest BCUT2D eigenvalue weighted by Crippen LogP contribution is 2.21. The molecule has 9 heteroatoms. The fourth-order valence-electron chi connectivity index (χ4n) is 3.57. The highest BCUT2D eigenvalue weighted by molar-refractivity contribution is 7.88. The first-order valence-corrected chi connectivity index (χ1v) is 11.1. The van der Waals surface area contributed by atoms with Crippen LogP contribution in [0.15, 0.2) is 24.3 Å². The predicted octanol–water partition coefficient (Wildman–Crippen LogP) is 1.27. The minimum absolute atomic E-state index is 0.154. The lowest BCUT2D eigenvalue weighted by Crippen LogP contribution is -2.63. The van der Waals surface area contributed by atoms with E-state index < -0.39 is 10.0 Å². The van der Waals surface area contributed by atoms with E-state index in [4.69, 9.17) is 4.74 Å². The van der Waals surface area contributed by atoms with Crippen LogP contribution in [-0.2, 0) is 10.0 Å². The number of amides is 2. The number of benzene rings is 1. The first kappa shape index (κ1) is 19.9. The Kier molecular flexibility index (Phi) is 6.23. The van der Waals surface area contributed by atoms with Crippen LogP contribution in [0.1, 0.15) is 12.8 Å². The molecule has 0 radical (unpaired) electrons. The van der Waals surface area contributed by atoms with Gasteiger partial charge in [-0.1, -0.05) is 6.07 Å². The molecule has 0 atom stereocenters. The molecule has 0 aliphatic carbocycles. The Bertz CT molecular complexity index is 758. The van der Waals surface area contributed by atoms with Crippen LogP contribution in [0.5, 0.6) is 5.75 Å². The van der Waals surface area contributed by atoms with Gasteiger partial charge in [-0.2, -0.15) is 4.31 Å². The van der Waals surface area contributed by atoms with E-state index in [9.17, 15) is 13.2 Å². The largest absolute Gasteiger partial charge is 0.497 e. The van der Waals surface area contributed by atoms with Crippen LogP contribution in [0.2, 0.25) is 0 Å². The molecule has 2 aliphatic heterocycles. The molecule has 0 spiro atoms. The van der Waals surface area contributed by atoms with Crippen molar-refractivity contribution in [1.82, 2.24) is 14.1 Å². The summed E-state index contributed by atoms with van der Waals surface area (Å²) >= 11 is 0. The second-order valence-corrected chi connectivity index (χ2v) is 9.08. The Morgan fingerprint density at radius 1 is 1.30 bits per heavy atom. The van der Waals surface area contributed by atoms with Crippen LogP contribution in [0.4, 0.5) is 10.5 Å². The van der Waals surface area contributed by atoms with Gasteiger partial charge in [0.2, 0.25) is 10.0 Å². The lowest BCUT2D eigenvalue weighted by molar-refractivity contribution is 0.104. The zero-order valence-corrected chi connectivity index (χ0v) is 16.7. The zero-order valence-electron chi connectivity index (χ0n) is 15.9. The summed E-state index contributed by atoms with van der Waals surface area (Å²) in [7, 11) is -1.73. The molecular weight excluding hydrogens is 368 g/mol. The third-order valence-corrected chi connectivity index (χ3v) is 6.47. The maximum atomic E-state index is 12.4. The molecule has 3 rings (SSSR count). The van der Waals surface area contributed by atoms with E-state index in [1.165, 1.54) is 19.1 Å². The smallest absolute Gasteiger partial charge is 0.321 e. The number of likely N-dealkylation sites (tertiary alicyclic amines) is 2. The van der Waals surface area contributed by atoms with Gasteiger partial charge in [0.25, 0.3) is 0 Å². The fraction of sp³-hybridized carbons (Fsp3) is 0.611. The molecular formula is C18H28N4O4S. The van der Waals surface area contributed by atoms with E-state index in [0.29, 0.717) is 31.1 Å². The number of anilines is 1. The SMILES string of the molecule is COc1cccc(NC(=O)N2CC(N(CCN3CCCC3)S(C)(=O)=O)C2)c1. The van der Waals surface area contributed by atoms with Crippen molar-refractivity contribution in [1.29, 1.82) is 0 Å². The number of methoxy groups -OCH3 is 1. The number of nitrogens with one attached hydrogen (secondary N) is 1. The van der Waals surface area contributed by atoms with Crippen LogP contribution in [0.25, 0.3) is 0 Å². The van der Waals surface area contributed by atoms with Gasteiger partial charge in [0.05, 0.1) is 19.4 Å². The number of rotatable bonds is 7. The third kappa shape index (κ3) is 5.12. The van der Waals surface area contributed by atoms with E-state index in [-0.39, 0.29) is 12.1 Å². The Hall–Kier alpha value is -1.84. The van der Waals surface area contributed by atoms with Crippen LogP contribution in [0.3, 0.4) is 0 Å². The lowest BCUT2D eigenvalue weighted by Gasteiger charge is -2.44. The monoisotopic (exact) mass is 396 g/mol. The molecule has 1 N–H and O–H groups in total. The molecule has 2 saturated heterocycles. The Labute approximate surface area is 161 Å². The average Bonchev–Trinajstić information content (AvgIpc) is 3.09. The molecule has 8 nitrogen and oxygen atoms in total.